The van der Waals surface area contributed by atoms with Crippen LogP contribution in [-0.2, 0) is 4.74 Å². The maximum atomic E-state index is 13.0. The van der Waals surface area contributed by atoms with Gasteiger partial charge in [-0.3, -0.25) is 19.0 Å². The summed E-state index contributed by atoms with van der Waals surface area (Å²) in [5.41, 5.74) is 3.46. The molecule has 1 aliphatic heterocycles. The van der Waals surface area contributed by atoms with Gasteiger partial charge in [-0.2, -0.15) is 5.10 Å². The molecule has 0 unspecified atom stereocenters. The van der Waals surface area contributed by atoms with Crippen molar-refractivity contribution in [3.8, 4) is 0 Å². The van der Waals surface area contributed by atoms with Crippen molar-refractivity contribution >= 4 is 23.6 Å². The lowest BCUT2D eigenvalue weighted by Crippen LogP contribution is -2.39. The van der Waals surface area contributed by atoms with Crippen molar-refractivity contribution in [1.82, 2.24) is 19.8 Å². The van der Waals surface area contributed by atoms with Gasteiger partial charge in [0.15, 0.2) is 0 Å². The Morgan fingerprint density at radius 1 is 1.18 bits per heavy atom. The van der Waals surface area contributed by atoms with Gasteiger partial charge >= 0.3 is 0 Å². The number of rotatable bonds is 4. The van der Waals surface area contributed by atoms with Gasteiger partial charge in [0, 0.05) is 37.2 Å². The van der Waals surface area contributed by atoms with Crippen molar-refractivity contribution in [3.63, 3.8) is 0 Å². The van der Waals surface area contributed by atoms with Crippen LogP contribution in [0.3, 0.4) is 0 Å². The molecule has 1 fully saturated rings. The molecule has 4 rings (SSSR count). The molecule has 3 aromatic rings. The minimum absolute atomic E-state index is 0.256. The van der Waals surface area contributed by atoms with Crippen LogP contribution >= 0.6 is 0 Å². The normalized spacial score (nSPS) is 14.5. The summed E-state index contributed by atoms with van der Waals surface area (Å²) in [5, 5.41) is 3.98. The molecule has 0 spiro atoms. The first-order valence-electron chi connectivity index (χ1n) is 8.81. The molecule has 1 amide bonds. The van der Waals surface area contributed by atoms with E-state index in [-0.39, 0.29) is 11.5 Å². The van der Waals surface area contributed by atoms with Gasteiger partial charge in [-0.15, -0.1) is 0 Å². The number of amides is 1. The van der Waals surface area contributed by atoms with E-state index in [1.54, 1.807) is 30.5 Å². The van der Waals surface area contributed by atoms with E-state index in [9.17, 15) is 9.59 Å². The Morgan fingerprint density at radius 3 is 2.75 bits per heavy atom. The summed E-state index contributed by atoms with van der Waals surface area (Å²) >= 11 is 0. The summed E-state index contributed by atoms with van der Waals surface area (Å²) in [4.78, 5) is 35.6. The lowest BCUT2D eigenvalue weighted by Gasteiger charge is -2.28. The maximum Gasteiger partial charge on any atom is 0.271 e. The molecular weight excluding hydrogens is 360 g/mol. The smallest absolute Gasteiger partial charge is 0.271 e. The van der Waals surface area contributed by atoms with E-state index in [2.05, 4.69) is 20.5 Å². The van der Waals surface area contributed by atoms with Crippen LogP contribution in [0.1, 0.15) is 15.9 Å². The van der Waals surface area contributed by atoms with Crippen LogP contribution in [0.15, 0.2) is 58.8 Å². The van der Waals surface area contributed by atoms with Crippen molar-refractivity contribution in [2.75, 3.05) is 31.2 Å². The van der Waals surface area contributed by atoms with Gasteiger partial charge in [-0.1, -0.05) is 6.07 Å². The first-order chi connectivity index (χ1) is 13.7. The number of pyridine rings is 2. The molecule has 0 aliphatic carbocycles. The van der Waals surface area contributed by atoms with E-state index < -0.39 is 0 Å². The standard InChI is InChI=1S/C19H18N6O3/c26-18(14-4-6-20-7-5-14)23-21-13-15-17(24-9-11-28-12-10-24)22-16-3-1-2-8-25(16)19(15)27/h1-8,13H,9-12H2,(H,23,26)/b21-13-. The highest BCUT2D eigenvalue weighted by Gasteiger charge is 2.19. The second-order valence-corrected chi connectivity index (χ2v) is 6.12. The molecule has 28 heavy (non-hydrogen) atoms. The molecular formula is C19H18N6O3. The maximum absolute atomic E-state index is 13.0. The zero-order valence-corrected chi connectivity index (χ0v) is 15.0. The summed E-state index contributed by atoms with van der Waals surface area (Å²) in [6.07, 6.45) is 6.04. The van der Waals surface area contributed by atoms with Crippen molar-refractivity contribution in [2.45, 2.75) is 0 Å². The van der Waals surface area contributed by atoms with Crippen LogP contribution in [0.4, 0.5) is 5.82 Å². The molecule has 1 aliphatic rings. The number of hydrogen-bond acceptors (Lipinski definition) is 7. The third kappa shape index (κ3) is 3.60. The number of fused-ring (bicyclic) bond motifs is 1. The number of carbonyl (C=O) groups excluding carboxylic acids is 1. The summed E-state index contributed by atoms with van der Waals surface area (Å²) in [5.74, 6) is 0.141. The predicted octanol–water partition coefficient (Wildman–Crippen LogP) is 0.690. The lowest BCUT2D eigenvalue weighted by molar-refractivity contribution is 0.0955. The Labute approximate surface area is 160 Å². The topological polar surface area (TPSA) is 101 Å². The molecule has 9 nitrogen and oxygen atoms in total. The Hall–Kier alpha value is -3.59. The monoisotopic (exact) mass is 378 g/mol. The van der Waals surface area contributed by atoms with Gasteiger partial charge < -0.3 is 9.64 Å². The van der Waals surface area contributed by atoms with E-state index in [1.165, 1.54) is 23.0 Å². The third-order valence-corrected chi connectivity index (χ3v) is 4.36. The average Bonchev–Trinajstić information content (AvgIpc) is 2.76. The number of nitrogens with one attached hydrogen (secondary N) is 1. The molecule has 1 N–H and O–H groups in total. The van der Waals surface area contributed by atoms with Crippen LogP contribution in [0.25, 0.3) is 5.65 Å². The summed E-state index contributed by atoms with van der Waals surface area (Å²) in [7, 11) is 0. The van der Waals surface area contributed by atoms with Crippen LogP contribution in [0.2, 0.25) is 0 Å². The van der Waals surface area contributed by atoms with Gasteiger partial charge in [-0.05, 0) is 24.3 Å². The fourth-order valence-corrected chi connectivity index (χ4v) is 2.94. The van der Waals surface area contributed by atoms with Crippen molar-refractivity contribution in [2.24, 2.45) is 5.10 Å². The summed E-state index contributed by atoms with van der Waals surface area (Å²) in [6.45, 7) is 2.37. The minimum atomic E-state index is -0.388. The molecule has 0 saturated carbocycles. The second kappa shape index (κ2) is 7.97. The van der Waals surface area contributed by atoms with E-state index >= 15 is 0 Å². The first-order valence-corrected chi connectivity index (χ1v) is 8.81. The number of nitrogens with zero attached hydrogens (tertiary/aromatic N) is 5. The molecule has 1 saturated heterocycles. The van der Waals surface area contributed by atoms with Crippen LogP contribution < -0.4 is 15.9 Å². The first kappa shape index (κ1) is 17.8. The van der Waals surface area contributed by atoms with Gasteiger partial charge in [-0.25, -0.2) is 10.4 Å². The van der Waals surface area contributed by atoms with Crippen molar-refractivity contribution in [1.29, 1.82) is 0 Å². The SMILES string of the molecule is O=C(N/N=C\c1c(N2CCOCC2)nc2ccccn2c1=O)c1ccncc1. The summed E-state index contributed by atoms with van der Waals surface area (Å²) in [6, 6.07) is 8.52. The molecule has 4 heterocycles. The number of ether oxygens (including phenoxy) is 1. The average molecular weight is 378 g/mol. The van der Waals surface area contributed by atoms with Gasteiger partial charge in [0.1, 0.15) is 17.0 Å². The molecule has 142 valence electrons. The predicted molar refractivity (Wildman–Crippen MR) is 104 cm³/mol. The lowest BCUT2D eigenvalue weighted by atomic mass is 10.2. The van der Waals surface area contributed by atoms with E-state index in [0.717, 1.165) is 0 Å². The Morgan fingerprint density at radius 2 is 1.96 bits per heavy atom. The highest BCUT2D eigenvalue weighted by molar-refractivity contribution is 5.95. The fraction of sp³-hybridized carbons (Fsp3) is 0.211. The largest absolute Gasteiger partial charge is 0.378 e. The van der Waals surface area contributed by atoms with Gasteiger partial charge in [0.2, 0.25) is 0 Å². The zero-order valence-electron chi connectivity index (χ0n) is 15.0. The van der Waals surface area contributed by atoms with E-state index in [4.69, 9.17) is 4.74 Å². The highest BCUT2D eigenvalue weighted by atomic mass is 16.5. The second-order valence-electron chi connectivity index (χ2n) is 6.12. The molecule has 0 aromatic carbocycles. The number of hydrogen-bond donors (Lipinski definition) is 1. The van der Waals surface area contributed by atoms with E-state index in [0.29, 0.717) is 48.9 Å². The molecule has 9 heteroatoms. The zero-order chi connectivity index (χ0) is 19.3. The third-order valence-electron chi connectivity index (χ3n) is 4.36. The Bertz CT molecular complexity index is 1070. The van der Waals surface area contributed by atoms with Gasteiger partial charge in [0.25, 0.3) is 11.5 Å². The van der Waals surface area contributed by atoms with Gasteiger partial charge in [0.05, 0.1) is 19.4 Å². The number of hydrazone groups is 1. The quantitative estimate of drug-likeness (QED) is 0.530. The minimum Gasteiger partial charge on any atom is -0.378 e. The fourth-order valence-electron chi connectivity index (χ4n) is 2.94. The number of anilines is 1. The van der Waals surface area contributed by atoms with Crippen molar-refractivity contribution < 1.29 is 9.53 Å². The van der Waals surface area contributed by atoms with Crippen LogP contribution in [0, 0.1) is 0 Å². The molecule has 0 atom stereocenters. The highest BCUT2D eigenvalue weighted by Crippen LogP contribution is 2.16. The summed E-state index contributed by atoms with van der Waals surface area (Å²) < 4.78 is 6.85. The Kier molecular flexibility index (Phi) is 5.07. The van der Waals surface area contributed by atoms with E-state index in [1.807, 2.05) is 11.0 Å². The molecule has 0 radical (unpaired) electrons. The number of carbonyl (C=O) groups is 1. The number of morpholine rings is 1. The molecule has 0 bridgehead atoms. The molecule has 3 aromatic heterocycles. The van der Waals surface area contributed by atoms with Crippen LogP contribution in [-0.4, -0.2) is 52.8 Å². The van der Waals surface area contributed by atoms with Crippen molar-refractivity contribution in [3.05, 3.63) is 70.4 Å². The van der Waals surface area contributed by atoms with Crippen LogP contribution in [0.5, 0.6) is 0 Å². The Balaban J connectivity index is 1.69. The number of aromatic nitrogens is 3.